The number of nitrogens with zero attached hydrogens (tertiary/aromatic N) is 4. The number of aromatic nitrogens is 5. The second kappa shape index (κ2) is 3.53. The normalized spacial score (nSPS) is 10.8. The van der Waals surface area contributed by atoms with Crippen molar-refractivity contribution in [1.29, 1.82) is 0 Å². The number of hydrogen-bond donors (Lipinski definition) is 1. The van der Waals surface area contributed by atoms with Crippen LogP contribution in [-0.4, -0.2) is 25.6 Å². The molecular weight excluding hydrogens is 178 g/mol. The number of aromatic amines is 1. The number of tetrazole rings is 1. The summed E-state index contributed by atoms with van der Waals surface area (Å²) < 4.78 is 0. The van der Waals surface area contributed by atoms with Gasteiger partial charge in [-0.3, -0.25) is 4.98 Å². The Morgan fingerprint density at radius 3 is 2.86 bits per heavy atom. The molecule has 0 aliphatic carbocycles. The van der Waals surface area contributed by atoms with E-state index >= 15 is 0 Å². The van der Waals surface area contributed by atoms with Crippen LogP contribution in [0.4, 0.5) is 0 Å². The van der Waals surface area contributed by atoms with Crippen molar-refractivity contribution in [3.8, 4) is 11.4 Å². The molecule has 0 unspecified atom stereocenters. The predicted molar refractivity (Wildman–Crippen MR) is 51.5 cm³/mol. The molecule has 14 heavy (non-hydrogen) atoms. The molecule has 0 fully saturated rings. The highest BCUT2D eigenvalue weighted by molar-refractivity contribution is 5.58. The number of nitrogens with one attached hydrogen (secondary N) is 1. The van der Waals surface area contributed by atoms with Crippen molar-refractivity contribution in [3.05, 3.63) is 24.0 Å². The first-order valence-corrected chi connectivity index (χ1v) is 4.46. The number of pyridine rings is 1. The van der Waals surface area contributed by atoms with Crippen molar-refractivity contribution in [2.45, 2.75) is 19.8 Å². The van der Waals surface area contributed by atoms with Crippen molar-refractivity contribution in [1.82, 2.24) is 25.6 Å². The molecule has 2 aromatic rings. The van der Waals surface area contributed by atoms with Crippen molar-refractivity contribution >= 4 is 0 Å². The standard InChI is InChI=1S/C9H11N5/c1-6(2)7-3-4-10-5-8(7)9-11-13-14-12-9/h3-6H,1-2H3,(H,11,12,13,14). The van der Waals surface area contributed by atoms with Crippen LogP contribution >= 0.6 is 0 Å². The molecule has 0 amide bonds. The zero-order valence-electron chi connectivity index (χ0n) is 8.10. The van der Waals surface area contributed by atoms with Crippen LogP contribution in [-0.2, 0) is 0 Å². The Morgan fingerprint density at radius 1 is 1.36 bits per heavy atom. The summed E-state index contributed by atoms with van der Waals surface area (Å²) in [5.74, 6) is 1.02. The Hall–Kier alpha value is -1.78. The van der Waals surface area contributed by atoms with Crippen LogP contribution in [0.15, 0.2) is 18.5 Å². The lowest BCUT2D eigenvalue weighted by molar-refractivity contribution is 0.862. The van der Waals surface area contributed by atoms with Gasteiger partial charge in [-0.25, -0.2) is 0 Å². The SMILES string of the molecule is CC(C)c1ccncc1-c1nn[nH]n1. The maximum Gasteiger partial charge on any atom is 0.206 e. The third-order valence-electron chi connectivity index (χ3n) is 2.06. The quantitative estimate of drug-likeness (QED) is 0.775. The lowest BCUT2D eigenvalue weighted by Gasteiger charge is -2.08. The first-order chi connectivity index (χ1) is 6.79. The fourth-order valence-electron chi connectivity index (χ4n) is 1.37. The van der Waals surface area contributed by atoms with Gasteiger partial charge in [0.15, 0.2) is 0 Å². The van der Waals surface area contributed by atoms with Crippen LogP contribution in [0.5, 0.6) is 0 Å². The number of H-pyrrole nitrogens is 1. The molecule has 0 atom stereocenters. The molecule has 0 aliphatic rings. The van der Waals surface area contributed by atoms with Gasteiger partial charge >= 0.3 is 0 Å². The molecule has 72 valence electrons. The molecule has 2 aromatic heterocycles. The molecule has 0 radical (unpaired) electrons. The van der Waals surface area contributed by atoms with Crippen LogP contribution in [0.25, 0.3) is 11.4 Å². The zero-order chi connectivity index (χ0) is 9.97. The Bertz CT molecular complexity index is 407. The van der Waals surface area contributed by atoms with Gasteiger partial charge in [-0.1, -0.05) is 13.8 Å². The first kappa shape index (κ1) is 8.80. The second-order valence-corrected chi connectivity index (χ2v) is 3.35. The van der Waals surface area contributed by atoms with E-state index in [4.69, 9.17) is 0 Å². The van der Waals surface area contributed by atoms with Crippen molar-refractivity contribution in [3.63, 3.8) is 0 Å². The Morgan fingerprint density at radius 2 is 2.21 bits per heavy atom. The molecule has 5 heteroatoms. The Kier molecular flexibility index (Phi) is 2.22. The van der Waals surface area contributed by atoms with Gasteiger partial charge in [0, 0.05) is 18.0 Å². The average molecular weight is 189 g/mol. The van der Waals surface area contributed by atoms with E-state index in [0.717, 1.165) is 5.56 Å². The van der Waals surface area contributed by atoms with Gasteiger partial charge in [-0.2, -0.15) is 5.21 Å². The third-order valence-corrected chi connectivity index (χ3v) is 2.06. The van der Waals surface area contributed by atoms with Gasteiger partial charge in [0.05, 0.1) is 0 Å². The molecule has 1 N–H and O–H groups in total. The molecule has 2 heterocycles. The van der Waals surface area contributed by atoms with Gasteiger partial charge in [-0.15, -0.1) is 10.2 Å². The van der Waals surface area contributed by atoms with E-state index in [2.05, 4.69) is 39.5 Å². The summed E-state index contributed by atoms with van der Waals surface area (Å²) in [4.78, 5) is 4.06. The van der Waals surface area contributed by atoms with E-state index in [1.807, 2.05) is 6.07 Å². The topological polar surface area (TPSA) is 67.3 Å². The largest absolute Gasteiger partial charge is 0.264 e. The summed E-state index contributed by atoms with van der Waals surface area (Å²) in [5, 5.41) is 13.9. The highest BCUT2D eigenvalue weighted by atomic mass is 15.5. The fourth-order valence-corrected chi connectivity index (χ4v) is 1.37. The molecule has 0 spiro atoms. The maximum atomic E-state index is 4.06. The summed E-state index contributed by atoms with van der Waals surface area (Å²) in [7, 11) is 0. The van der Waals surface area contributed by atoms with Gasteiger partial charge in [0.2, 0.25) is 5.82 Å². The molecule has 5 nitrogen and oxygen atoms in total. The minimum Gasteiger partial charge on any atom is -0.264 e. The van der Waals surface area contributed by atoms with E-state index < -0.39 is 0 Å². The summed E-state index contributed by atoms with van der Waals surface area (Å²) in [6, 6.07) is 1.98. The van der Waals surface area contributed by atoms with Crippen molar-refractivity contribution in [2.75, 3.05) is 0 Å². The third kappa shape index (κ3) is 1.48. The molecule has 2 rings (SSSR count). The van der Waals surface area contributed by atoms with E-state index in [1.165, 1.54) is 5.56 Å². The molecule has 0 bridgehead atoms. The molecule has 0 saturated heterocycles. The van der Waals surface area contributed by atoms with Crippen LogP contribution < -0.4 is 0 Å². The van der Waals surface area contributed by atoms with E-state index in [9.17, 15) is 0 Å². The van der Waals surface area contributed by atoms with Crippen LogP contribution in [0.1, 0.15) is 25.3 Å². The lowest BCUT2D eigenvalue weighted by Crippen LogP contribution is -1.94. The zero-order valence-corrected chi connectivity index (χ0v) is 8.10. The number of hydrogen-bond acceptors (Lipinski definition) is 4. The summed E-state index contributed by atoms with van der Waals surface area (Å²) in [6.45, 7) is 4.25. The van der Waals surface area contributed by atoms with Gasteiger partial charge < -0.3 is 0 Å². The minimum absolute atomic E-state index is 0.423. The van der Waals surface area contributed by atoms with Gasteiger partial charge in [-0.05, 0) is 22.8 Å². The Balaban J connectivity index is 2.53. The molecular formula is C9H11N5. The van der Waals surface area contributed by atoms with Gasteiger partial charge in [0.1, 0.15) is 0 Å². The molecule has 0 aliphatic heterocycles. The number of rotatable bonds is 2. The fraction of sp³-hybridized carbons (Fsp3) is 0.333. The lowest BCUT2D eigenvalue weighted by atomic mass is 9.99. The van der Waals surface area contributed by atoms with E-state index in [0.29, 0.717) is 11.7 Å². The molecule has 0 saturated carbocycles. The van der Waals surface area contributed by atoms with Crippen LogP contribution in [0.2, 0.25) is 0 Å². The minimum atomic E-state index is 0.423. The monoisotopic (exact) mass is 189 g/mol. The van der Waals surface area contributed by atoms with E-state index in [-0.39, 0.29) is 0 Å². The smallest absolute Gasteiger partial charge is 0.206 e. The van der Waals surface area contributed by atoms with Crippen molar-refractivity contribution in [2.24, 2.45) is 0 Å². The predicted octanol–water partition coefficient (Wildman–Crippen LogP) is 1.39. The van der Waals surface area contributed by atoms with Crippen LogP contribution in [0.3, 0.4) is 0 Å². The summed E-state index contributed by atoms with van der Waals surface area (Å²) in [6.07, 6.45) is 3.54. The average Bonchev–Trinajstić information content (AvgIpc) is 2.70. The van der Waals surface area contributed by atoms with Gasteiger partial charge in [0.25, 0.3) is 0 Å². The van der Waals surface area contributed by atoms with Crippen LogP contribution in [0, 0.1) is 0 Å². The summed E-state index contributed by atoms with van der Waals surface area (Å²) in [5.41, 5.74) is 2.12. The maximum absolute atomic E-state index is 4.06. The Labute approximate surface area is 81.6 Å². The summed E-state index contributed by atoms with van der Waals surface area (Å²) >= 11 is 0. The second-order valence-electron chi connectivity index (χ2n) is 3.35. The van der Waals surface area contributed by atoms with E-state index in [1.54, 1.807) is 12.4 Å². The highest BCUT2D eigenvalue weighted by Crippen LogP contribution is 2.24. The highest BCUT2D eigenvalue weighted by Gasteiger charge is 2.11. The van der Waals surface area contributed by atoms with Crippen molar-refractivity contribution < 1.29 is 0 Å². The first-order valence-electron chi connectivity index (χ1n) is 4.46. The molecule has 0 aromatic carbocycles.